The molecule has 4 amide bonds. The van der Waals surface area contributed by atoms with Crippen LogP contribution in [-0.2, 0) is 16.1 Å². The first-order chi connectivity index (χ1) is 14.3. The predicted octanol–water partition coefficient (Wildman–Crippen LogP) is 3.35. The molecule has 0 bridgehead atoms. The second-order valence-electron chi connectivity index (χ2n) is 7.32. The summed E-state index contributed by atoms with van der Waals surface area (Å²) in [4.78, 5) is 49.8. The molecule has 0 aromatic heterocycles. The zero-order valence-electron chi connectivity index (χ0n) is 16.7. The van der Waals surface area contributed by atoms with Crippen molar-refractivity contribution in [2.75, 3.05) is 11.9 Å². The van der Waals surface area contributed by atoms with E-state index in [1.54, 1.807) is 30.3 Å². The Balaban J connectivity index is 1.48. The Morgan fingerprint density at radius 2 is 1.67 bits per heavy atom. The molecule has 1 aliphatic rings. The molecule has 0 spiro atoms. The number of fused-ring (bicyclic) bond motifs is 1. The van der Waals surface area contributed by atoms with Crippen molar-refractivity contribution in [1.29, 1.82) is 0 Å². The highest BCUT2D eigenvalue weighted by molar-refractivity contribution is 9.10. The summed E-state index contributed by atoms with van der Waals surface area (Å²) in [6.45, 7) is 3.97. The van der Waals surface area contributed by atoms with Gasteiger partial charge in [-0.15, -0.1) is 0 Å². The van der Waals surface area contributed by atoms with Crippen molar-refractivity contribution in [2.24, 2.45) is 5.92 Å². The first-order valence-corrected chi connectivity index (χ1v) is 10.4. The highest BCUT2D eigenvalue weighted by Gasteiger charge is 2.35. The van der Waals surface area contributed by atoms with Gasteiger partial charge in [0.05, 0.1) is 11.1 Å². The molecule has 8 heteroatoms. The topological polar surface area (TPSA) is 95.6 Å². The van der Waals surface area contributed by atoms with E-state index in [9.17, 15) is 19.2 Å². The minimum absolute atomic E-state index is 0.0230. The number of hydrogen-bond acceptors (Lipinski definition) is 4. The van der Waals surface area contributed by atoms with Crippen LogP contribution in [0.15, 0.2) is 46.9 Å². The highest BCUT2D eigenvalue weighted by Crippen LogP contribution is 2.26. The van der Waals surface area contributed by atoms with E-state index in [4.69, 9.17) is 0 Å². The lowest BCUT2D eigenvalue weighted by Crippen LogP contribution is -2.34. The summed E-state index contributed by atoms with van der Waals surface area (Å²) in [6.07, 6.45) is 0.0230. The fraction of sp³-hybridized carbons (Fsp3) is 0.273. The van der Waals surface area contributed by atoms with Crippen LogP contribution in [0.4, 0.5) is 5.69 Å². The average molecular weight is 472 g/mol. The number of halogens is 1. The lowest BCUT2D eigenvalue weighted by atomic mass is 10.1. The van der Waals surface area contributed by atoms with Gasteiger partial charge in [0.25, 0.3) is 11.8 Å². The van der Waals surface area contributed by atoms with Crippen molar-refractivity contribution in [3.05, 3.63) is 63.6 Å². The fourth-order valence-corrected chi connectivity index (χ4v) is 3.32. The Bertz CT molecular complexity index is 1000. The molecule has 2 aromatic carbocycles. The molecule has 2 N–H and O–H groups in total. The predicted molar refractivity (Wildman–Crippen MR) is 116 cm³/mol. The quantitative estimate of drug-likeness (QED) is 0.605. The Morgan fingerprint density at radius 1 is 1.00 bits per heavy atom. The number of imide groups is 1. The standard InChI is InChI=1S/C22H22BrN3O4/c1-13(2)20(28)25-16-6-3-14(4-7-16)12-24-19(27)9-10-26-21(29)17-8-5-15(23)11-18(17)22(26)30/h3-8,11,13H,9-10,12H2,1-2H3,(H,24,27)(H,25,28). The molecule has 0 unspecified atom stereocenters. The first-order valence-electron chi connectivity index (χ1n) is 9.58. The third kappa shape index (κ3) is 4.94. The van der Waals surface area contributed by atoms with E-state index in [2.05, 4.69) is 26.6 Å². The van der Waals surface area contributed by atoms with Crippen molar-refractivity contribution < 1.29 is 19.2 Å². The molecule has 30 heavy (non-hydrogen) atoms. The van der Waals surface area contributed by atoms with Gasteiger partial charge < -0.3 is 10.6 Å². The Morgan fingerprint density at radius 3 is 2.33 bits per heavy atom. The molecule has 156 valence electrons. The van der Waals surface area contributed by atoms with Crippen LogP contribution >= 0.6 is 15.9 Å². The summed E-state index contributed by atoms with van der Waals surface area (Å²) < 4.78 is 0.719. The minimum Gasteiger partial charge on any atom is -0.352 e. The molecular weight excluding hydrogens is 450 g/mol. The normalized spacial score (nSPS) is 12.9. The van der Waals surface area contributed by atoms with Gasteiger partial charge in [-0.1, -0.05) is 41.9 Å². The third-order valence-electron chi connectivity index (χ3n) is 4.73. The van der Waals surface area contributed by atoms with Gasteiger partial charge in [0.1, 0.15) is 0 Å². The second-order valence-corrected chi connectivity index (χ2v) is 8.24. The molecule has 7 nitrogen and oxygen atoms in total. The zero-order valence-corrected chi connectivity index (χ0v) is 18.3. The maximum Gasteiger partial charge on any atom is 0.261 e. The summed E-state index contributed by atoms with van der Waals surface area (Å²) in [6, 6.07) is 12.1. The van der Waals surface area contributed by atoms with Crippen LogP contribution in [0.5, 0.6) is 0 Å². The van der Waals surface area contributed by atoms with Crippen molar-refractivity contribution >= 4 is 45.2 Å². The van der Waals surface area contributed by atoms with E-state index in [1.165, 1.54) is 0 Å². The molecule has 3 rings (SSSR count). The Hall–Kier alpha value is -3.00. The minimum atomic E-state index is -0.386. The Kier molecular flexibility index (Phi) is 6.66. The van der Waals surface area contributed by atoms with Crippen LogP contribution in [0.2, 0.25) is 0 Å². The summed E-state index contributed by atoms with van der Waals surface area (Å²) in [7, 11) is 0. The van der Waals surface area contributed by atoms with Gasteiger partial charge in [0.2, 0.25) is 11.8 Å². The maximum atomic E-state index is 12.4. The SMILES string of the molecule is CC(C)C(=O)Nc1ccc(CNC(=O)CCN2C(=O)c3ccc(Br)cc3C2=O)cc1. The molecule has 0 radical (unpaired) electrons. The molecule has 0 saturated heterocycles. The smallest absolute Gasteiger partial charge is 0.261 e. The average Bonchev–Trinajstić information content (AvgIpc) is 2.95. The lowest BCUT2D eigenvalue weighted by molar-refractivity contribution is -0.121. The van der Waals surface area contributed by atoms with Crippen LogP contribution in [0.25, 0.3) is 0 Å². The number of amides is 4. The number of rotatable bonds is 7. The maximum absolute atomic E-state index is 12.4. The molecule has 0 atom stereocenters. The summed E-state index contributed by atoms with van der Waals surface area (Å²) in [5.74, 6) is -1.19. The van der Waals surface area contributed by atoms with Gasteiger partial charge >= 0.3 is 0 Å². The number of carbonyl (C=O) groups excluding carboxylic acids is 4. The van der Waals surface area contributed by atoms with Gasteiger partial charge in [0.15, 0.2) is 0 Å². The Labute approximate surface area is 183 Å². The number of benzene rings is 2. The highest BCUT2D eigenvalue weighted by atomic mass is 79.9. The van der Waals surface area contributed by atoms with E-state index < -0.39 is 0 Å². The number of nitrogens with one attached hydrogen (secondary N) is 2. The van der Waals surface area contributed by atoms with Gasteiger partial charge in [-0.3, -0.25) is 24.1 Å². The molecular formula is C22H22BrN3O4. The number of carbonyl (C=O) groups is 4. The largest absolute Gasteiger partial charge is 0.352 e. The van der Waals surface area contributed by atoms with Crippen LogP contribution in [-0.4, -0.2) is 35.1 Å². The van der Waals surface area contributed by atoms with Crippen molar-refractivity contribution in [3.8, 4) is 0 Å². The van der Waals surface area contributed by atoms with E-state index in [0.29, 0.717) is 23.4 Å². The van der Waals surface area contributed by atoms with Gasteiger partial charge in [-0.25, -0.2) is 0 Å². The molecule has 1 aliphatic heterocycles. The summed E-state index contributed by atoms with van der Waals surface area (Å²) >= 11 is 3.29. The molecule has 2 aromatic rings. The fourth-order valence-electron chi connectivity index (χ4n) is 2.96. The molecule has 0 fully saturated rings. The second kappa shape index (κ2) is 9.21. The van der Waals surface area contributed by atoms with Crippen molar-refractivity contribution in [2.45, 2.75) is 26.8 Å². The van der Waals surface area contributed by atoms with E-state index in [-0.39, 0.29) is 42.5 Å². The molecule has 0 saturated carbocycles. The van der Waals surface area contributed by atoms with Crippen molar-refractivity contribution in [3.63, 3.8) is 0 Å². The van der Waals surface area contributed by atoms with Gasteiger partial charge in [0, 0.05) is 35.6 Å². The van der Waals surface area contributed by atoms with E-state index in [1.807, 2.05) is 26.0 Å². The van der Waals surface area contributed by atoms with E-state index in [0.717, 1.165) is 14.9 Å². The lowest BCUT2D eigenvalue weighted by Gasteiger charge is -2.13. The van der Waals surface area contributed by atoms with Crippen LogP contribution < -0.4 is 10.6 Å². The first kappa shape index (κ1) is 21.7. The number of hydrogen-bond donors (Lipinski definition) is 2. The van der Waals surface area contributed by atoms with Gasteiger partial charge in [-0.05, 0) is 35.9 Å². The van der Waals surface area contributed by atoms with Gasteiger partial charge in [-0.2, -0.15) is 0 Å². The molecule has 1 heterocycles. The van der Waals surface area contributed by atoms with E-state index >= 15 is 0 Å². The number of anilines is 1. The summed E-state index contributed by atoms with van der Waals surface area (Å²) in [5.41, 5.74) is 2.27. The summed E-state index contributed by atoms with van der Waals surface area (Å²) in [5, 5.41) is 5.58. The van der Waals surface area contributed by atoms with Crippen LogP contribution in [0.3, 0.4) is 0 Å². The molecule has 0 aliphatic carbocycles. The van der Waals surface area contributed by atoms with Crippen LogP contribution in [0, 0.1) is 5.92 Å². The zero-order chi connectivity index (χ0) is 21.8. The van der Waals surface area contributed by atoms with Crippen LogP contribution in [0.1, 0.15) is 46.5 Å². The number of nitrogens with zero attached hydrogens (tertiary/aromatic N) is 1. The third-order valence-corrected chi connectivity index (χ3v) is 5.22. The van der Waals surface area contributed by atoms with Crippen molar-refractivity contribution in [1.82, 2.24) is 10.2 Å². The monoisotopic (exact) mass is 471 g/mol.